The highest BCUT2D eigenvalue weighted by atomic mass is 32.2. The molecule has 0 aromatic heterocycles. The molecule has 3 N–H and O–H groups in total. The van der Waals surface area contributed by atoms with Gasteiger partial charge in [-0.05, 0) is 25.5 Å². The molecule has 0 aromatic rings. The summed E-state index contributed by atoms with van der Waals surface area (Å²) in [5.74, 6) is 0.863. The molecule has 5 nitrogen and oxygen atoms in total. The number of amides is 1. The van der Waals surface area contributed by atoms with Crippen molar-refractivity contribution in [3.63, 3.8) is 0 Å². The van der Waals surface area contributed by atoms with Gasteiger partial charge in [-0.2, -0.15) is 11.8 Å². The van der Waals surface area contributed by atoms with E-state index >= 15 is 0 Å². The van der Waals surface area contributed by atoms with Crippen LogP contribution in [-0.2, 0) is 9.53 Å². The summed E-state index contributed by atoms with van der Waals surface area (Å²) in [6.45, 7) is 3.01. The Hall–Kier alpha value is -0.300. The molecule has 0 saturated carbocycles. The Morgan fingerprint density at radius 2 is 2.24 bits per heavy atom. The van der Waals surface area contributed by atoms with Crippen molar-refractivity contribution in [1.82, 2.24) is 10.2 Å². The Bertz CT molecular complexity index is 205. The van der Waals surface area contributed by atoms with Crippen LogP contribution in [0, 0.1) is 0 Å². The first-order valence-corrected chi connectivity index (χ1v) is 7.21. The third-order valence-electron chi connectivity index (χ3n) is 2.44. The minimum atomic E-state index is -0.383. The molecule has 0 bridgehead atoms. The second kappa shape index (κ2) is 10.8. The van der Waals surface area contributed by atoms with Crippen LogP contribution in [0.4, 0.5) is 0 Å². The van der Waals surface area contributed by atoms with E-state index in [0.717, 1.165) is 25.3 Å². The van der Waals surface area contributed by atoms with Crippen LogP contribution in [-0.4, -0.2) is 69.3 Å². The Morgan fingerprint density at radius 3 is 2.82 bits per heavy atom. The van der Waals surface area contributed by atoms with Crippen LogP contribution in [0.5, 0.6) is 0 Å². The van der Waals surface area contributed by atoms with Crippen molar-refractivity contribution in [3.8, 4) is 0 Å². The van der Waals surface area contributed by atoms with Gasteiger partial charge in [0.05, 0.1) is 12.6 Å². The lowest BCUT2D eigenvalue weighted by Gasteiger charge is -2.17. The summed E-state index contributed by atoms with van der Waals surface area (Å²) in [6, 6.07) is -0.383. The number of likely N-dealkylation sites (N-methyl/N-ethyl adjacent to an activating group) is 1. The van der Waals surface area contributed by atoms with Gasteiger partial charge in [0.25, 0.3) is 0 Å². The molecule has 0 aliphatic carbocycles. The lowest BCUT2D eigenvalue weighted by molar-refractivity contribution is -0.122. The van der Waals surface area contributed by atoms with Gasteiger partial charge in [-0.1, -0.05) is 0 Å². The molecule has 0 saturated heterocycles. The first-order chi connectivity index (χ1) is 8.11. The molecule has 1 atom stereocenters. The first kappa shape index (κ1) is 16.7. The van der Waals surface area contributed by atoms with Crippen molar-refractivity contribution in [2.24, 2.45) is 5.73 Å². The van der Waals surface area contributed by atoms with E-state index in [1.54, 1.807) is 18.9 Å². The molecule has 1 amide bonds. The Balaban J connectivity index is 3.55. The molecule has 0 aliphatic heterocycles. The predicted octanol–water partition coefficient (Wildman–Crippen LogP) is -0.239. The fourth-order valence-electron chi connectivity index (χ4n) is 1.24. The van der Waals surface area contributed by atoms with Gasteiger partial charge in [0.15, 0.2) is 0 Å². The van der Waals surface area contributed by atoms with E-state index in [1.807, 2.05) is 13.3 Å². The van der Waals surface area contributed by atoms with Crippen molar-refractivity contribution in [1.29, 1.82) is 0 Å². The van der Waals surface area contributed by atoms with E-state index in [1.165, 1.54) is 0 Å². The van der Waals surface area contributed by atoms with Gasteiger partial charge in [-0.3, -0.25) is 4.79 Å². The van der Waals surface area contributed by atoms with Gasteiger partial charge >= 0.3 is 0 Å². The van der Waals surface area contributed by atoms with Crippen LogP contribution < -0.4 is 11.1 Å². The van der Waals surface area contributed by atoms with Crippen LogP contribution in [0.25, 0.3) is 0 Å². The number of thioether (sulfide) groups is 1. The number of nitrogens with one attached hydrogen (secondary N) is 1. The van der Waals surface area contributed by atoms with E-state index in [0.29, 0.717) is 13.2 Å². The molecule has 0 aliphatic rings. The Morgan fingerprint density at radius 1 is 1.53 bits per heavy atom. The molecule has 0 heterocycles. The number of carbonyl (C=O) groups is 1. The zero-order chi connectivity index (χ0) is 13.1. The lowest BCUT2D eigenvalue weighted by atomic mass is 10.2. The smallest absolute Gasteiger partial charge is 0.236 e. The molecule has 102 valence electrons. The normalized spacial score (nSPS) is 12.8. The summed E-state index contributed by atoms with van der Waals surface area (Å²) >= 11 is 1.70. The van der Waals surface area contributed by atoms with Gasteiger partial charge in [0.2, 0.25) is 5.91 Å². The Kier molecular flexibility index (Phi) is 10.6. The molecule has 0 aromatic carbocycles. The monoisotopic (exact) mass is 263 g/mol. The topological polar surface area (TPSA) is 67.6 Å². The van der Waals surface area contributed by atoms with Gasteiger partial charge in [0.1, 0.15) is 0 Å². The van der Waals surface area contributed by atoms with Gasteiger partial charge < -0.3 is 20.7 Å². The molecule has 6 heteroatoms. The number of methoxy groups -OCH3 is 1. The van der Waals surface area contributed by atoms with E-state index in [4.69, 9.17) is 10.5 Å². The number of hydrogen-bond acceptors (Lipinski definition) is 5. The van der Waals surface area contributed by atoms with Crippen molar-refractivity contribution < 1.29 is 9.53 Å². The number of carbonyl (C=O) groups excluding carboxylic acids is 1. The van der Waals surface area contributed by atoms with Crippen LogP contribution in [0.1, 0.15) is 6.42 Å². The molecular formula is C11H25N3O2S. The zero-order valence-corrected chi connectivity index (χ0v) is 11.9. The largest absolute Gasteiger partial charge is 0.383 e. The standard InChI is InChI=1S/C11H25N3O2S/c1-14(7-8-16-2)6-5-13-11(15)10(12)4-9-17-3/h10H,4-9,12H2,1-3H3,(H,13,15)/t10-/m0/s1. The third kappa shape index (κ3) is 9.41. The summed E-state index contributed by atoms with van der Waals surface area (Å²) in [7, 11) is 3.68. The second-order valence-corrected chi connectivity index (χ2v) is 4.96. The minimum Gasteiger partial charge on any atom is -0.383 e. The van der Waals surface area contributed by atoms with Crippen LogP contribution >= 0.6 is 11.8 Å². The molecule has 0 unspecified atom stereocenters. The summed E-state index contributed by atoms with van der Waals surface area (Å²) in [4.78, 5) is 13.7. The average molecular weight is 263 g/mol. The van der Waals surface area contributed by atoms with E-state index in [-0.39, 0.29) is 11.9 Å². The average Bonchev–Trinajstić information content (AvgIpc) is 2.33. The SMILES string of the molecule is COCCN(C)CCNC(=O)[C@@H](N)CCSC. The molecule has 0 spiro atoms. The first-order valence-electron chi connectivity index (χ1n) is 5.81. The summed E-state index contributed by atoms with van der Waals surface area (Å²) < 4.78 is 4.97. The number of rotatable bonds is 10. The molecule has 0 radical (unpaired) electrons. The predicted molar refractivity (Wildman–Crippen MR) is 73.4 cm³/mol. The Labute approximate surface area is 108 Å². The van der Waals surface area contributed by atoms with Gasteiger partial charge in [-0.25, -0.2) is 0 Å². The summed E-state index contributed by atoms with van der Waals surface area (Å²) in [6.07, 6.45) is 2.74. The third-order valence-corrected chi connectivity index (χ3v) is 3.08. The van der Waals surface area contributed by atoms with E-state index < -0.39 is 0 Å². The number of nitrogens with zero attached hydrogens (tertiary/aromatic N) is 1. The summed E-state index contributed by atoms with van der Waals surface area (Å²) in [5, 5.41) is 2.84. The maximum atomic E-state index is 11.6. The molecule has 0 fully saturated rings. The maximum Gasteiger partial charge on any atom is 0.236 e. The summed E-state index contributed by atoms with van der Waals surface area (Å²) in [5.41, 5.74) is 5.74. The number of nitrogens with two attached hydrogens (primary N) is 1. The quantitative estimate of drug-likeness (QED) is 0.569. The maximum absolute atomic E-state index is 11.6. The molecule has 0 rings (SSSR count). The second-order valence-electron chi connectivity index (χ2n) is 3.98. The van der Waals surface area contributed by atoms with Crippen molar-refractivity contribution >= 4 is 17.7 Å². The highest BCUT2D eigenvalue weighted by molar-refractivity contribution is 7.98. The fourth-order valence-corrected chi connectivity index (χ4v) is 1.73. The zero-order valence-electron chi connectivity index (χ0n) is 11.1. The lowest BCUT2D eigenvalue weighted by Crippen LogP contribution is -2.43. The molecular weight excluding hydrogens is 238 g/mol. The van der Waals surface area contributed by atoms with Gasteiger partial charge in [0, 0.05) is 26.7 Å². The van der Waals surface area contributed by atoms with Crippen molar-refractivity contribution in [2.45, 2.75) is 12.5 Å². The molecule has 17 heavy (non-hydrogen) atoms. The number of hydrogen-bond donors (Lipinski definition) is 2. The van der Waals surface area contributed by atoms with Gasteiger partial charge in [-0.15, -0.1) is 0 Å². The minimum absolute atomic E-state index is 0.0563. The van der Waals surface area contributed by atoms with Crippen molar-refractivity contribution in [3.05, 3.63) is 0 Å². The fraction of sp³-hybridized carbons (Fsp3) is 0.909. The highest BCUT2D eigenvalue weighted by Crippen LogP contribution is 1.98. The van der Waals surface area contributed by atoms with Crippen LogP contribution in [0.3, 0.4) is 0 Å². The van der Waals surface area contributed by atoms with E-state index in [9.17, 15) is 4.79 Å². The van der Waals surface area contributed by atoms with Crippen LogP contribution in [0.15, 0.2) is 0 Å². The van der Waals surface area contributed by atoms with E-state index in [2.05, 4.69) is 10.2 Å². The van der Waals surface area contributed by atoms with Crippen LogP contribution in [0.2, 0.25) is 0 Å². The number of ether oxygens (including phenoxy) is 1. The van der Waals surface area contributed by atoms with Crippen molar-refractivity contribution in [2.75, 3.05) is 52.4 Å². The highest BCUT2D eigenvalue weighted by Gasteiger charge is 2.11.